The fourth-order valence-corrected chi connectivity index (χ4v) is 4.30. The number of rotatable bonds is 1. The van der Waals surface area contributed by atoms with Gasteiger partial charge in [-0.2, -0.15) is 5.53 Å². The third kappa shape index (κ3) is 1.43. The van der Waals surface area contributed by atoms with Crippen molar-refractivity contribution in [2.24, 2.45) is 17.8 Å². The summed E-state index contributed by atoms with van der Waals surface area (Å²) in [7, 11) is 0. The maximum Gasteiger partial charge on any atom is 0.0483 e. The molecular formula is C10H16IN3. The van der Waals surface area contributed by atoms with E-state index < -0.39 is 0 Å². The van der Waals surface area contributed by atoms with Gasteiger partial charge in [-0.3, -0.25) is 0 Å². The topological polar surface area (TPSA) is 36.1 Å². The van der Waals surface area contributed by atoms with Crippen LogP contribution in [0.5, 0.6) is 0 Å². The van der Waals surface area contributed by atoms with Crippen LogP contribution in [0, 0.1) is 17.8 Å². The van der Waals surface area contributed by atoms with E-state index in [1.807, 2.05) is 0 Å². The third-order valence-electron chi connectivity index (χ3n) is 3.93. The number of fused-ring (bicyclic) bond motifs is 1. The van der Waals surface area contributed by atoms with Crippen molar-refractivity contribution in [2.75, 3.05) is 4.43 Å². The maximum absolute atomic E-state index is 3.21. The van der Waals surface area contributed by atoms with Crippen LogP contribution in [0.2, 0.25) is 0 Å². The van der Waals surface area contributed by atoms with Crippen LogP contribution in [-0.2, 0) is 0 Å². The van der Waals surface area contributed by atoms with Crippen LogP contribution in [0.15, 0.2) is 11.4 Å². The lowest BCUT2D eigenvalue weighted by Gasteiger charge is -2.08. The molecule has 1 saturated carbocycles. The Labute approximate surface area is 98.2 Å². The molecule has 3 aliphatic rings. The first-order chi connectivity index (χ1) is 6.90. The summed E-state index contributed by atoms with van der Waals surface area (Å²) in [4.78, 5) is 0. The Balaban J connectivity index is 1.70. The lowest BCUT2D eigenvalue weighted by Crippen LogP contribution is -2.32. The van der Waals surface area contributed by atoms with E-state index in [-0.39, 0.29) is 0 Å². The molecule has 2 aliphatic carbocycles. The van der Waals surface area contributed by atoms with Crippen molar-refractivity contribution in [3.8, 4) is 0 Å². The lowest BCUT2D eigenvalue weighted by atomic mass is 10.0. The van der Waals surface area contributed by atoms with E-state index in [4.69, 9.17) is 0 Å². The standard InChI is InChI=1S/C10H16IN3/c11-5-8-6-1-3-9-10(13-14-12-9)4-2-7(6)8/h6-8,12-14H,1-5H2/t6-,7+,8?. The highest BCUT2D eigenvalue weighted by molar-refractivity contribution is 14.1. The number of nitrogens with one attached hydrogen (secondary N) is 3. The van der Waals surface area contributed by atoms with Crippen LogP contribution in [0.1, 0.15) is 25.7 Å². The van der Waals surface area contributed by atoms with Gasteiger partial charge in [0, 0.05) is 15.8 Å². The third-order valence-corrected chi connectivity index (χ3v) is 4.95. The molecule has 0 spiro atoms. The minimum absolute atomic E-state index is 1.03. The Morgan fingerprint density at radius 1 is 1.07 bits per heavy atom. The summed E-state index contributed by atoms with van der Waals surface area (Å²) in [5.74, 6) is 3.09. The number of allylic oxidation sites excluding steroid dienone is 2. The highest BCUT2D eigenvalue weighted by Crippen LogP contribution is 2.54. The summed E-state index contributed by atoms with van der Waals surface area (Å²) in [5.41, 5.74) is 12.2. The number of hydrogen-bond donors (Lipinski definition) is 3. The van der Waals surface area contributed by atoms with Crippen molar-refractivity contribution >= 4 is 22.6 Å². The minimum Gasteiger partial charge on any atom is -0.306 e. The van der Waals surface area contributed by atoms with Crippen molar-refractivity contribution in [3.05, 3.63) is 11.4 Å². The molecule has 0 saturated heterocycles. The minimum atomic E-state index is 1.03. The second-order valence-corrected chi connectivity index (χ2v) is 5.44. The Kier molecular flexibility index (Phi) is 2.35. The summed E-state index contributed by atoms with van der Waals surface area (Å²) >= 11 is 2.55. The molecule has 4 heteroatoms. The van der Waals surface area contributed by atoms with E-state index in [1.165, 1.54) is 41.5 Å². The van der Waals surface area contributed by atoms with Gasteiger partial charge < -0.3 is 10.9 Å². The highest BCUT2D eigenvalue weighted by atomic mass is 127. The van der Waals surface area contributed by atoms with Crippen LogP contribution in [0.3, 0.4) is 0 Å². The van der Waals surface area contributed by atoms with Gasteiger partial charge in [0.2, 0.25) is 0 Å². The molecular weight excluding hydrogens is 289 g/mol. The van der Waals surface area contributed by atoms with Crippen LogP contribution in [0.25, 0.3) is 0 Å². The van der Waals surface area contributed by atoms with E-state index in [2.05, 4.69) is 39.0 Å². The zero-order valence-electron chi connectivity index (χ0n) is 8.15. The van der Waals surface area contributed by atoms with Crippen molar-refractivity contribution in [3.63, 3.8) is 0 Å². The number of halogens is 1. The van der Waals surface area contributed by atoms with E-state index in [1.54, 1.807) is 0 Å². The normalized spacial score (nSPS) is 40.2. The quantitative estimate of drug-likeness (QED) is 0.510. The van der Waals surface area contributed by atoms with Gasteiger partial charge in [-0.05, 0) is 43.4 Å². The van der Waals surface area contributed by atoms with Gasteiger partial charge >= 0.3 is 0 Å². The number of alkyl halides is 1. The van der Waals surface area contributed by atoms with Crippen LogP contribution in [0.4, 0.5) is 0 Å². The SMILES string of the molecule is ICC1[C@H]2CCC3=C(CC[C@@H]12)NNN3. The predicted molar refractivity (Wildman–Crippen MR) is 64.3 cm³/mol. The maximum atomic E-state index is 3.21. The average molecular weight is 305 g/mol. The highest BCUT2D eigenvalue weighted by Gasteiger charge is 2.48. The van der Waals surface area contributed by atoms with Gasteiger partial charge in [0.05, 0.1) is 0 Å². The Morgan fingerprint density at radius 2 is 1.64 bits per heavy atom. The monoisotopic (exact) mass is 305 g/mol. The average Bonchev–Trinajstić information content (AvgIpc) is 2.65. The lowest BCUT2D eigenvalue weighted by molar-refractivity contribution is 0.567. The molecule has 1 unspecified atom stereocenters. The van der Waals surface area contributed by atoms with Gasteiger partial charge in [-0.25, -0.2) is 0 Å². The predicted octanol–water partition coefficient (Wildman–Crippen LogP) is 1.68. The summed E-state index contributed by atoms with van der Waals surface area (Å²) in [6.07, 6.45) is 5.22. The molecule has 1 aliphatic heterocycles. The van der Waals surface area contributed by atoms with Gasteiger partial charge in [-0.15, -0.1) is 0 Å². The van der Waals surface area contributed by atoms with Crippen molar-refractivity contribution in [1.82, 2.24) is 16.4 Å². The van der Waals surface area contributed by atoms with Crippen LogP contribution in [-0.4, -0.2) is 4.43 Å². The van der Waals surface area contributed by atoms with Gasteiger partial charge in [0.25, 0.3) is 0 Å². The molecule has 1 fully saturated rings. The van der Waals surface area contributed by atoms with Gasteiger partial charge in [-0.1, -0.05) is 22.6 Å². The molecule has 0 bridgehead atoms. The smallest absolute Gasteiger partial charge is 0.0483 e. The largest absolute Gasteiger partial charge is 0.306 e. The van der Waals surface area contributed by atoms with E-state index in [9.17, 15) is 0 Å². The first kappa shape index (κ1) is 9.27. The molecule has 3 atom stereocenters. The van der Waals surface area contributed by atoms with E-state index >= 15 is 0 Å². The Morgan fingerprint density at radius 3 is 2.14 bits per heavy atom. The van der Waals surface area contributed by atoms with E-state index in [0.29, 0.717) is 0 Å². The number of hydrogen-bond acceptors (Lipinski definition) is 3. The Bertz CT molecular complexity index is 253. The second-order valence-electron chi connectivity index (χ2n) is 4.56. The fourth-order valence-electron chi connectivity index (χ4n) is 2.99. The molecule has 1 heterocycles. The second kappa shape index (κ2) is 3.56. The van der Waals surface area contributed by atoms with Crippen molar-refractivity contribution in [2.45, 2.75) is 25.7 Å². The summed E-state index contributed by atoms with van der Waals surface area (Å²) in [6, 6.07) is 0. The summed E-state index contributed by atoms with van der Waals surface area (Å²) < 4.78 is 1.36. The van der Waals surface area contributed by atoms with Gasteiger partial charge in [0.1, 0.15) is 0 Å². The zero-order chi connectivity index (χ0) is 9.54. The van der Waals surface area contributed by atoms with Crippen LogP contribution < -0.4 is 16.4 Å². The molecule has 0 radical (unpaired) electrons. The van der Waals surface area contributed by atoms with E-state index in [0.717, 1.165) is 17.8 Å². The molecule has 3 nitrogen and oxygen atoms in total. The summed E-state index contributed by atoms with van der Waals surface area (Å²) in [6.45, 7) is 0. The molecule has 0 amide bonds. The first-order valence-electron chi connectivity index (χ1n) is 5.45. The number of hydrazine groups is 2. The molecule has 14 heavy (non-hydrogen) atoms. The molecule has 0 aromatic rings. The van der Waals surface area contributed by atoms with Crippen molar-refractivity contribution < 1.29 is 0 Å². The molecule has 3 N–H and O–H groups in total. The first-order valence-corrected chi connectivity index (χ1v) is 6.97. The molecule has 78 valence electrons. The molecule has 0 aromatic carbocycles. The zero-order valence-corrected chi connectivity index (χ0v) is 10.3. The summed E-state index contributed by atoms with van der Waals surface area (Å²) in [5, 5.41) is 0. The fraction of sp³-hybridized carbons (Fsp3) is 0.800. The molecule has 0 aromatic heterocycles. The molecule has 3 rings (SSSR count). The van der Waals surface area contributed by atoms with Crippen molar-refractivity contribution in [1.29, 1.82) is 0 Å². The Hall–Kier alpha value is 0.0300. The van der Waals surface area contributed by atoms with Crippen LogP contribution >= 0.6 is 22.6 Å². The van der Waals surface area contributed by atoms with Gasteiger partial charge in [0.15, 0.2) is 0 Å².